The number of esters is 1. The summed E-state index contributed by atoms with van der Waals surface area (Å²) in [7, 11) is 1.53. The van der Waals surface area contributed by atoms with Crippen molar-refractivity contribution >= 4 is 5.97 Å². The second-order valence-electron chi connectivity index (χ2n) is 8.15. The molecule has 1 heterocycles. The Morgan fingerprint density at radius 2 is 1.79 bits per heavy atom. The molecule has 172 valence electrons. The molecule has 33 heavy (non-hydrogen) atoms. The van der Waals surface area contributed by atoms with Crippen molar-refractivity contribution in [2.45, 2.75) is 25.4 Å². The molecule has 1 fully saturated rings. The van der Waals surface area contributed by atoms with Crippen LogP contribution >= 0.6 is 0 Å². The molecule has 4 rings (SSSR count). The monoisotopic (exact) mass is 448 g/mol. The first kappa shape index (κ1) is 22.7. The zero-order chi connectivity index (χ0) is 23.3. The van der Waals surface area contributed by atoms with Gasteiger partial charge in [0.25, 0.3) is 0 Å². The standard InChI is InChI=1S/C27H28O6/c1-3-32-26(29)15-27(17-31-18-27)22-8-10-23(11-9-22)33-16-19-5-4-6-20(13-19)21-7-12-24(28)25(14-21)30-2/h4-14,28H,3,15-18H2,1-2H3. The molecule has 3 aromatic rings. The quantitative estimate of drug-likeness (QED) is 0.471. The average molecular weight is 449 g/mol. The Balaban J connectivity index is 1.42. The van der Waals surface area contributed by atoms with E-state index in [9.17, 15) is 9.90 Å². The third-order valence-electron chi connectivity index (χ3n) is 5.86. The van der Waals surface area contributed by atoms with E-state index >= 15 is 0 Å². The van der Waals surface area contributed by atoms with Crippen LogP contribution in [0.1, 0.15) is 24.5 Å². The fraction of sp³-hybridized carbons (Fsp3) is 0.296. The zero-order valence-corrected chi connectivity index (χ0v) is 18.9. The molecule has 1 aliphatic heterocycles. The Morgan fingerprint density at radius 3 is 2.45 bits per heavy atom. The number of phenols is 1. The van der Waals surface area contributed by atoms with Crippen LogP contribution in [0.25, 0.3) is 11.1 Å². The molecule has 0 atom stereocenters. The van der Waals surface area contributed by atoms with Crippen molar-refractivity contribution in [3.63, 3.8) is 0 Å². The number of methoxy groups -OCH3 is 1. The minimum atomic E-state index is -0.315. The van der Waals surface area contributed by atoms with Gasteiger partial charge in [0.15, 0.2) is 11.5 Å². The first-order valence-corrected chi connectivity index (χ1v) is 11.0. The molecule has 0 saturated carbocycles. The predicted octanol–water partition coefficient (Wildman–Crippen LogP) is 4.87. The topological polar surface area (TPSA) is 74.2 Å². The van der Waals surface area contributed by atoms with E-state index in [0.29, 0.717) is 38.6 Å². The number of ether oxygens (including phenoxy) is 4. The molecule has 1 saturated heterocycles. The lowest BCUT2D eigenvalue weighted by atomic mass is 9.76. The summed E-state index contributed by atoms with van der Waals surface area (Å²) in [5.74, 6) is 1.10. The van der Waals surface area contributed by atoms with Crippen LogP contribution in [0.3, 0.4) is 0 Å². The van der Waals surface area contributed by atoms with Crippen LogP contribution in [0.15, 0.2) is 66.7 Å². The van der Waals surface area contributed by atoms with E-state index in [1.807, 2.05) is 61.5 Å². The van der Waals surface area contributed by atoms with Gasteiger partial charge in [-0.3, -0.25) is 4.79 Å². The van der Waals surface area contributed by atoms with E-state index in [4.69, 9.17) is 18.9 Å². The van der Waals surface area contributed by atoms with Crippen LogP contribution in [0.4, 0.5) is 0 Å². The molecule has 3 aromatic carbocycles. The molecule has 6 nitrogen and oxygen atoms in total. The van der Waals surface area contributed by atoms with Gasteiger partial charge in [-0.05, 0) is 59.5 Å². The number of rotatable bonds is 9. The van der Waals surface area contributed by atoms with E-state index in [-0.39, 0.29) is 17.1 Å². The Bertz CT molecular complexity index is 1100. The van der Waals surface area contributed by atoms with E-state index in [0.717, 1.165) is 28.0 Å². The summed E-state index contributed by atoms with van der Waals surface area (Å²) in [6, 6.07) is 21.2. The van der Waals surface area contributed by atoms with Gasteiger partial charge in [0.1, 0.15) is 12.4 Å². The molecule has 1 N–H and O–H groups in total. The van der Waals surface area contributed by atoms with Gasteiger partial charge in [-0.2, -0.15) is 0 Å². The highest BCUT2D eigenvalue weighted by atomic mass is 16.5. The Labute approximate surface area is 193 Å². The molecule has 1 aliphatic rings. The fourth-order valence-electron chi connectivity index (χ4n) is 3.98. The molecule has 6 heteroatoms. The highest BCUT2D eigenvalue weighted by molar-refractivity contribution is 5.72. The van der Waals surface area contributed by atoms with Crippen molar-refractivity contribution in [3.8, 4) is 28.4 Å². The van der Waals surface area contributed by atoms with Crippen molar-refractivity contribution in [1.82, 2.24) is 0 Å². The van der Waals surface area contributed by atoms with Crippen molar-refractivity contribution in [2.75, 3.05) is 26.9 Å². The summed E-state index contributed by atoms with van der Waals surface area (Å²) < 4.78 is 21.8. The molecule has 0 amide bonds. The second-order valence-corrected chi connectivity index (χ2v) is 8.15. The van der Waals surface area contributed by atoms with Gasteiger partial charge in [-0.25, -0.2) is 0 Å². The number of carbonyl (C=O) groups excluding carboxylic acids is 1. The number of phenolic OH excluding ortho intramolecular Hbond substituents is 1. The Kier molecular flexibility index (Phi) is 6.84. The maximum absolute atomic E-state index is 12.0. The number of benzene rings is 3. The van der Waals surface area contributed by atoms with Crippen LogP contribution in [0.5, 0.6) is 17.2 Å². The summed E-state index contributed by atoms with van der Waals surface area (Å²) in [6.45, 7) is 3.64. The number of carbonyl (C=O) groups is 1. The van der Waals surface area contributed by atoms with E-state index in [1.54, 1.807) is 6.07 Å². The molecule has 0 radical (unpaired) electrons. The van der Waals surface area contributed by atoms with Crippen LogP contribution in [-0.4, -0.2) is 38.0 Å². The molecule has 0 aliphatic carbocycles. The van der Waals surface area contributed by atoms with Crippen LogP contribution < -0.4 is 9.47 Å². The summed E-state index contributed by atoms with van der Waals surface area (Å²) in [4.78, 5) is 12.0. The Hall–Kier alpha value is -3.51. The van der Waals surface area contributed by atoms with Gasteiger partial charge >= 0.3 is 5.97 Å². The highest BCUT2D eigenvalue weighted by Gasteiger charge is 2.42. The van der Waals surface area contributed by atoms with Crippen molar-refractivity contribution < 1.29 is 28.8 Å². The molecule has 0 unspecified atom stereocenters. The van der Waals surface area contributed by atoms with Gasteiger partial charge in [-0.1, -0.05) is 36.4 Å². The van der Waals surface area contributed by atoms with Crippen molar-refractivity contribution in [2.24, 2.45) is 0 Å². The van der Waals surface area contributed by atoms with Crippen LogP contribution in [0, 0.1) is 0 Å². The minimum Gasteiger partial charge on any atom is -0.504 e. The number of hydrogen-bond donors (Lipinski definition) is 1. The first-order valence-electron chi connectivity index (χ1n) is 11.0. The van der Waals surface area contributed by atoms with Gasteiger partial charge in [0, 0.05) is 0 Å². The third-order valence-corrected chi connectivity index (χ3v) is 5.86. The summed E-state index contributed by atoms with van der Waals surface area (Å²) in [5, 5.41) is 9.83. The lowest BCUT2D eigenvalue weighted by Gasteiger charge is -2.41. The number of hydrogen-bond acceptors (Lipinski definition) is 6. The van der Waals surface area contributed by atoms with E-state index in [1.165, 1.54) is 7.11 Å². The average Bonchev–Trinajstić information content (AvgIpc) is 2.81. The SMILES string of the molecule is CCOC(=O)CC1(c2ccc(OCc3cccc(-c4ccc(O)c(OC)c4)c3)cc2)COC1. The maximum Gasteiger partial charge on any atom is 0.306 e. The zero-order valence-electron chi connectivity index (χ0n) is 18.9. The Morgan fingerprint density at radius 1 is 1.03 bits per heavy atom. The number of aromatic hydroxyl groups is 1. The van der Waals surface area contributed by atoms with Crippen LogP contribution in [0.2, 0.25) is 0 Å². The maximum atomic E-state index is 12.0. The van der Waals surface area contributed by atoms with Gasteiger partial charge < -0.3 is 24.1 Å². The molecule has 0 bridgehead atoms. The fourth-order valence-corrected chi connectivity index (χ4v) is 3.98. The van der Waals surface area contributed by atoms with E-state index in [2.05, 4.69) is 6.07 Å². The molecular weight excluding hydrogens is 420 g/mol. The minimum absolute atomic E-state index is 0.113. The smallest absolute Gasteiger partial charge is 0.306 e. The largest absolute Gasteiger partial charge is 0.504 e. The van der Waals surface area contributed by atoms with E-state index < -0.39 is 0 Å². The second kappa shape index (κ2) is 9.96. The highest BCUT2D eigenvalue weighted by Crippen LogP contribution is 2.37. The summed E-state index contributed by atoms with van der Waals surface area (Å²) in [6.07, 6.45) is 0.315. The van der Waals surface area contributed by atoms with Gasteiger partial charge in [-0.15, -0.1) is 0 Å². The van der Waals surface area contributed by atoms with Crippen LogP contribution in [-0.2, 0) is 26.3 Å². The summed E-state index contributed by atoms with van der Waals surface area (Å²) >= 11 is 0. The lowest BCUT2D eigenvalue weighted by Crippen LogP contribution is -2.48. The third kappa shape index (κ3) is 5.12. The molecular formula is C27H28O6. The predicted molar refractivity (Wildman–Crippen MR) is 125 cm³/mol. The van der Waals surface area contributed by atoms with Gasteiger partial charge in [0.2, 0.25) is 0 Å². The summed E-state index contributed by atoms with van der Waals surface area (Å²) in [5.41, 5.74) is 3.72. The lowest BCUT2D eigenvalue weighted by molar-refractivity contribution is -0.151. The van der Waals surface area contributed by atoms with Crippen molar-refractivity contribution in [1.29, 1.82) is 0 Å². The molecule has 0 aromatic heterocycles. The van der Waals surface area contributed by atoms with Crippen molar-refractivity contribution in [3.05, 3.63) is 77.9 Å². The first-order chi connectivity index (χ1) is 16.0. The normalized spacial score (nSPS) is 14.2. The van der Waals surface area contributed by atoms with Gasteiger partial charge in [0.05, 0.1) is 38.8 Å². The molecule has 0 spiro atoms.